The Morgan fingerprint density at radius 2 is 2.04 bits per heavy atom. The fourth-order valence-corrected chi connectivity index (χ4v) is 5.56. The van der Waals surface area contributed by atoms with Crippen LogP contribution < -0.4 is 0 Å². The predicted molar refractivity (Wildman–Crippen MR) is 87.7 cm³/mol. The molecule has 0 amide bonds. The molecule has 2 saturated heterocycles. The Morgan fingerprint density at radius 3 is 2.64 bits per heavy atom. The minimum Gasteiger partial charge on any atom is -0.465 e. The van der Waals surface area contributed by atoms with Crippen LogP contribution in [0.4, 0.5) is 0 Å². The molecule has 0 aromatic heterocycles. The average molecular weight is 350 g/mol. The van der Waals surface area contributed by atoms with E-state index in [1.165, 1.54) is 19.4 Å². The van der Waals surface area contributed by atoms with Crippen LogP contribution in [-0.2, 0) is 28.5 Å². The van der Waals surface area contributed by atoms with Gasteiger partial charge in [-0.2, -0.15) is 0 Å². The Labute approximate surface area is 147 Å². The van der Waals surface area contributed by atoms with Gasteiger partial charge in [0.1, 0.15) is 18.3 Å². The number of carbonyl (C=O) groups excluding carboxylic acids is 2. The zero-order chi connectivity index (χ0) is 18.0. The van der Waals surface area contributed by atoms with Crippen molar-refractivity contribution in [1.82, 2.24) is 0 Å². The summed E-state index contributed by atoms with van der Waals surface area (Å²) in [5.41, 5.74) is -0.0699. The first-order valence-corrected chi connectivity index (χ1v) is 9.02. The Bertz CT molecular complexity index is 650. The monoisotopic (exact) mass is 350 g/mol. The third-order valence-corrected chi connectivity index (χ3v) is 7.06. The van der Waals surface area contributed by atoms with Gasteiger partial charge in [-0.15, -0.1) is 0 Å². The molecule has 138 valence electrons. The SMILES string of the molecule is CC(=O)OC[C@]12CCC(C)=C[C@H]1OC1CC(OC(C)=O)[C@@]2(C)C12CO2. The van der Waals surface area contributed by atoms with Crippen LogP contribution >= 0.6 is 0 Å². The summed E-state index contributed by atoms with van der Waals surface area (Å²) >= 11 is 0. The topological polar surface area (TPSA) is 74.4 Å². The van der Waals surface area contributed by atoms with Gasteiger partial charge in [0, 0.05) is 25.7 Å². The van der Waals surface area contributed by atoms with E-state index in [4.69, 9.17) is 18.9 Å². The highest BCUT2D eigenvalue weighted by Crippen LogP contribution is 2.72. The highest BCUT2D eigenvalue weighted by Gasteiger charge is 2.83. The molecule has 2 bridgehead atoms. The molecule has 4 aliphatic rings. The summed E-state index contributed by atoms with van der Waals surface area (Å²) < 4.78 is 23.7. The highest BCUT2D eigenvalue weighted by molar-refractivity contribution is 5.67. The molecule has 25 heavy (non-hydrogen) atoms. The van der Waals surface area contributed by atoms with E-state index in [1.54, 1.807) is 0 Å². The zero-order valence-corrected chi connectivity index (χ0v) is 15.3. The molecule has 0 aromatic carbocycles. The van der Waals surface area contributed by atoms with Gasteiger partial charge in [0.05, 0.1) is 24.2 Å². The average Bonchev–Trinajstić information content (AvgIpc) is 3.29. The van der Waals surface area contributed by atoms with Gasteiger partial charge in [0.15, 0.2) is 0 Å². The Kier molecular flexibility index (Phi) is 3.61. The second-order valence-corrected chi connectivity index (χ2v) is 8.21. The molecule has 1 saturated carbocycles. The maximum absolute atomic E-state index is 11.7. The quantitative estimate of drug-likeness (QED) is 0.441. The number of epoxide rings is 1. The third-order valence-electron chi connectivity index (χ3n) is 7.06. The van der Waals surface area contributed by atoms with Crippen molar-refractivity contribution >= 4 is 11.9 Å². The molecule has 0 radical (unpaired) electrons. The van der Waals surface area contributed by atoms with Gasteiger partial charge >= 0.3 is 11.9 Å². The van der Waals surface area contributed by atoms with Crippen molar-refractivity contribution in [3.63, 3.8) is 0 Å². The van der Waals surface area contributed by atoms with Crippen molar-refractivity contribution in [3.8, 4) is 0 Å². The minimum atomic E-state index is -0.457. The number of ether oxygens (including phenoxy) is 4. The Hall–Kier alpha value is -1.40. The normalized spacial score (nSPS) is 47.0. The second-order valence-electron chi connectivity index (χ2n) is 8.21. The fourth-order valence-electron chi connectivity index (χ4n) is 5.56. The molecule has 1 spiro atoms. The molecular weight excluding hydrogens is 324 g/mol. The molecule has 0 N–H and O–H groups in total. The van der Waals surface area contributed by atoms with Gasteiger partial charge in [-0.3, -0.25) is 9.59 Å². The van der Waals surface area contributed by atoms with E-state index in [0.29, 0.717) is 13.0 Å². The van der Waals surface area contributed by atoms with Gasteiger partial charge in [0.2, 0.25) is 0 Å². The molecule has 0 aromatic rings. The first-order chi connectivity index (χ1) is 11.7. The Balaban J connectivity index is 1.82. The van der Waals surface area contributed by atoms with Crippen LogP contribution in [0.3, 0.4) is 0 Å². The summed E-state index contributed by atoms with van der Waals surface area (Å²) in [5, 5.41) is 0. The minimum absolute atomic E-state index is 0.0977. The molecule has 2 heterocycles. The molecule has 6 nitrogen and oxygen atoms in total. The first-order valence-electron chi connectivity index (χ1n) is 9.02. The van der Waals surface area contributed by atoms with E-state index >= 15 is 0 Å². The van der Waals surface area contributed by atoms with Gasteiger partial charge in [0.25, 0.3) is 0 Å². The molecule has 3 fully saturated rings. The van der Waals surface area contributed by atoms with Crippen LogP contribution in [0.5, 0.6) is 0 Å². The lowest BCUT2D eigenvalue weighted by molar-refractivity contribution is -0.233. The van der Waals surface area contributed by atoms with Gasteiger partial charge < -0.3 is 18.9 Å². The number of hydrogen-bond donors (Lipinski definition) is 0. The van der Waals surface area contributed by atoms with Crippen LogP contribution in [0.1, 0.15) is 47.0 Å². The smallest absolute Gasteiger partial charge is 0.302 e. The van der Waals surface area contributed by atoms with E-state index in [0.717, 1.165) is 12.8 Å². The highest BCUT2D eigenvalue weighted by atomic mass is 16.6. The van der Waals surface area contributed by atoms with Crippen molar-refractivity contribution in [3.05, 3.63) is 11.6 Å². The number of allylic oxidation sites excluding steroid dienone is 1. The van der Waals surface area contributed by atoms with E-state index in [9.17, 15) is 9.59 Å². The van der Waals surface area contributed by atoms with Crippen LogP contribution in [0.2, 0.25) is 0 Å². The molecule has 2 aliphatic carbocycles. The Morgan fingerprint density at radius 1 is 1.32 bits per heavy atom. The fraction of sp³-hybridized carbons (Fsp3) is 0.789. The number of carbonyl (C=O) groups is 2. The second kappa shape index (κ2) is 5.30. The van der Waals surface area contributed by atoms with Crippen molar-refractivity contribution in [2.45, 2.75) is 70.9 Å². The summed E-state index contributed by atoms with van der Waals surface area (Å²) in [7, 11) is 0. The number of rotatable bonds is 3. The lowest BCUT2D eigenvalue weighted by Gasteiger charge is -2.58. The molecule has 3 unspecified atom stereocenters. The summed E-state index contributed by atoms with van der Waals surface area (Å²) in [6, 6.07) is 0. The van der Waals surface area contributed by atoms with Crippen molar-refractivity contribution < 1.29 is 28.5 Å². The molecular formula is C19H26O6. The van der Waals surface area contributed by atoms with Crippen molar-refractivity contribution in [1.29, 1.82) is 0 Å². The summed E-state index contributed by atoms with van der Waals surface area (Å²) in [6.07, 6.45) is 3.95. The van der Waals surface area contributed by atoms with Gasteiger partial charge in [-0.25, -0.2) is 0 Å². The van der Waals surface area contributed by atoms with E-state index < -0.39 is 16.4 Å². The summed E-state index contributed by atoms with van der Waals surface area (Å²) in [5.74, 6) is -0.603. The third kappa shape index (κ3) is 2.10. The molecule has 6 heteroatoms. The molecule has 2 aliphatic heterocycles. The van der Waals surface area contributed by atoms with E-state index in [1.807, 2.05) is 0 Å². The van der Waals surface area contributed by atoms with Crippen LogP contribution in [-0.4, -0.2) is 49.1 Å². The summed E-state index contributed by atoms with van der Waals surface area (Å²) in [6.45, 7) is 7.96. The zero-order valence-electron chi connectivity index (χ0n) is 15.3. The lowest BCUT2D eigenvalue weighted by Crippen LogP contribution is -2.66. The number of hydrogen-bond acceptors (Lipinski definition) is 6. The van der Waals surface area contributed by atoms with Crippen LogP contribution in [0.15, 0.2) is 11.6 Å². The summed E-state index contributed by atoms with van der Waals surface area (Å²) in [4.78, 5) is 23.3. The molecule has 4 rings (SSSR count). The van der Waals surface area contributed by atoms with Gasteiger partial charge in [-0.05, 0) is 19.8 Å². The number of esters is 2. The first kappa shape index (κ1) is 17.0. The van der Waals surface area contributed by atoms with Crippen molar-refractivity contribution in [2.24, 2.45) is 10.8 Å². The standard InChI is InChI=1S/C19H26O6/c1-11-5-6-18(9-22-12(2)20)15(7-11)25-16-8-14(24-13(3)21)17(18,4)19(16)10-23-19/h7,14-16H,5-6,8-10H2,1-4H3/t14?,15-,16?,17-,18-,19?/m1/s1. The predicted octanol–water partition coefficient (Wildman–Crippen LogP) is 2.15. The van der Waals surface area contributed by atoms with E-state index in [2.05, 4.69) is 19.9 Å². The van der Waals surface area contributed by atoms with Crippen molar-refractivity contribution in [2.75, 3.05) is 13.2 Å². The van der Waals surface area contributed by atoms with E-state index in [-0.39, 0.29) is 36.9 Å². The lowest BCUT2D eigenvalue weighted by atomic mass is 9.51. The maximum Gasteiger partial charge on any atom is 0.302 e. The van der Waals surface area contributed by atoms with Crippen LogP contribution in [0, 0.1) is 10.8 Å². The number of fused-ring (bicyclic) bond motifs is 2. The largest absolute Gasteiger partial charge is 0.465 e. The van der Waals surface area contributed by atoms with Gasteiger partial charge in [-0.1, -0.05) is 18.6 Å². The van der Waals surface area contributed by atoms with Crippen LogP contribution in [0.25, 0.3) is 0 Å². The maximum atomic E-state index is 11.7. The molecule has 6 atom stereocenters.